The lowest BCUT2D eigenvalue weighted by atomic mass is 9.94. The van der Waals surface area contributed by atoms with Crippen LogP contribution in [-0.4, -0.2) is 17.4 Å². The van der Waals surface area contributed by atoms with Crippen LogP contribution >= 0.6 is 0 Å². The molecule has 2 aromatic carbocycles. The summed E-state index contributed by atoms with van der Waals surface area (Å²) in [7, 11) is 0. The molecule has 2 aromatic rings. The Kier molecular flexibility index (Phi) is 5.07. The third-order valence-electron chi connectivity index (χ3n) is 2.97. The molecule has 0 aliphatic rings. The minimum Gasteiger partial charge on any atom is -0.433 e. The van der Waals surface area contributed by atoms with Crippen molar-refractivity contribution in [1.29, 1.82) is 5.26 Å². The van der Waals surface area contributed by atoms with Gasteiger partial charge in [-0.1, -0.05) is 48.5 Å². The van der Waals surface area contributed by atoms with E-state index >= 15 is 0 Å². The van der Waals surface area contributed by atoms with Gasteiger partial charge in [-0.3, -0.25) is 0 Å². The molecule has 0 saturated carbocycles. The highest BCUT2D eigenvalue weighted by Gasteiger charge is 2.13. The van der Waals surface area contributed by atoms with E-state index in [1.54, 1.807) is 24.3 Å². The van der Waals surface area contributed by atoms with Crippen molar-refractivity contribution in [1.82, 2.24) is 0 Å². The second-order valence-corrected chi connectivity index (χ2v) is 4.62. The molecule has 0 aromatic heterocycles. The molecular formula is C18H15NO3. The predicted octanol–water partition coefficient (Wildman–Crippen LogP) is 2.87. The van der Waals surface area contributed by atoms with Gasteiger partial charge in [0.1, 0.15) is 0 Å². The molecule has 2 rings (SSSR count). The van der Waals surface area contributed by atoms with Gasteiger partial charge in [-0.2, -0.15) is 5.26 Å². The maximum atomic E-state index is 11.9. The summed E-state index contributed by atoms with van der Waals surface area (Å²) in [5, 5.41) is 18.4. The van der Waals surface area contributed by atoms with E-state index in [1.165, 1.54) is 13.0 Å². The third kappa shape index (κ3) is 3.81. The van der Waals surface area contributed by atoms with Gasteiger partial charge in [0.2, 0.25) is 0 Å². The fourth-order valence-corrected chi connectivity index (χ4v) is 2.07. The standard InChI is InChI=1S/C18H15NO3/c1-13(20)22-18(21)11-17(14-7-3-2-4-8-14)16-10-6-5-9-15(16)12-19/h2-11,13,20H,1H3/b17-11+. The molecule has 1 N–H and O–H groups in total. The lowest BCUT2D eigenvalue weighted by Crippen LogP contribution is -2.12. The Morgan fingerprint density at radius 2 is 1.82 bits per heavy atom. The molecule has 0 fully saturated rings. The van der Waals surface area contributed by atoms with Crippen LogP contribution in [0.5, 0.6) is 0 Å². The van der Waals surface area contributed by atoms with Crippen molar-refractivity contribution in [2.75, 3.05) is 0 Å². The van der Waals surface area contributed by atoms with Gasteiger partial charge in [0.05, 0.1) is 11.6 Å². The summed E-state index contributed by atoms with van der Waals surface area (Å²) in [6.07, 6.45) is 0.102. The Labute approximate surface area is 128 Å². The second-order valence-electron chi connectivity index (χ2n) is 4.62. The number of esters is 1. The quantitative estimate of drug-likeness (QED) is 0.534. The number of benzene rings is 2. The Bertz CT molecular complexity index is 727. The number of aliphatic hydroxyl groups is 1. The average molecular weight is 293 g/mol. The van der Waals surface area contributed by atoms with Crippen molar-refractivity contribution in [2.45, 2.75) is 13.2 Å². The maximum absolute atomic E-state index is 11.9. The molecule has 1 unspecified atom stereocenters. The highest BCUT2D eigenvalue weighted by atomic mass is 16.6. The van der Waals surface area contributed by atoms with Crippen LogP contribution in [0.25, 0.3) is 5.57 Å². The van der Waals surface area contributed by atoms with Crippen LogP contribution in [0.2, 0.25) is 0 Å². The maximum Gasteiger partial charge on any atom is 0.333 e. The normalized spacial score (nSPS) is 12.3. The first-order valence-corrected chi connectivity index (χ1v) is 6.77. The van der Waals surface area contributed by atoms with Crippen molar-refractivity contribution in [3.05, 3.63) is 77.4 Å². The van der Waals surface area contributed by atoms with Crippen LogP contribution in [0.4, 0.5) is 0 Å². The minimum atomic E-state index is -1.19. The van der Waals surface area contributed by atoms with E-state index in [9.17, 15) is 10.1 Å². The van der Waals surface area contributed by atoms with E-state index in [-0.39, 0.29) is 0 Å². The van der Waals surface area contributed by atoms with Gasteiger partial charge in [0.15, 0.2) is 6.29 Å². The van der Waals surface area contributed by atoms with E-state index in [4.69, 9.17) is 9.84 Å². The lowest BCUT2D eigenvalue weighted by Gasteiger charge is -2.11. The zero-order valence-corrected chi connectivity index (χ0v) is 12.1. The fourth-order valence-electron chi connectivity index (χ4n) is 2.07. The average Bonchev–Trinajstić information content (AvgIpc) is 2.53. The molecule has 1 atom stereocenters. The number of rotatable bonds is 4. The lowest BCUT2D eigenvalue weighted by molar-refractivity contribution is -0.158. The molecule has 0 saturated heterocycles. The SMILES string of the molecule is CC(O)OC(=O)/C=C(\c1ccccc1)c1ccccc1C#N. The number of nitriles is 1. The van der Waals surface area contributed by atoms with Gasteiger partial charge in [-0.25, -0.2) is 4.79 Å². The van der Waals surface area contributed by atoms with Gasteiger partial charge in [0.25, 0.3) is 0 Å². The van der Waals surface area contributed by atoms with Crippen molar-refractivity contribution in [2.24, 2.45) is 0 Å². The number of hydrogen-bond donors (Lipinski definition) is 1. The van der Waals surface area contributed by atoms with Crippen molar-refractivity contribution in [3.8, 4) is 6.07 Å². The molecule has 110 valence electrons. The Hall–Kier alpha value is -2.90. The van der Waals surface area contributed by atoms with Gasteiger partial charge >= 0.3 is 5.97 Å². The molecule has 4 heteroatoms. The van der Waals surface area contributed by atoms with Crippen LogP contribution in [0.15, 0.2) is 60.7 Å². The number of aliphatic hydroxyl groups excluding tert-OH is 1. The number of carbonyl (C=O) groups excluding carboxylic acids is 1. The summed E-state index contributed by atoms with van der Waals surface area (Å²) in [4.78, 5) is 11.9. The first-order chi connectivity index (χ1) is 10.6. The van der Waals surface area contributed by atoms with Crippen LogP contribution in [0.1, 0.15) is 23.6 Å². The minimum absolute atomic E-state index is 0.461. The van der Waals surface area contributed by atoms with Gasteiger partial charge in [-0.15, -0.1) is 0 Å². The third-order valence-corrected chi connectivity index (χ3v) is 2.97. The molecule has 4 nitrogen and oxygen atoms in total. The van der Waals surface area contributed by atoms with Crippen LogP contribution < -0.4 is 0 Å². The van der Waals surface area contributed by atoms with Gasteiger partial charge in [0, 0.05) is 11.6 Å². The van der Waals surface area contributed by atoms with Crippen molar-refractivity contribution >= 4 is 11.5 Å². The summed E-state index contributed by atoms with van der Waals surface area (Å²) in [6.45, 7) is 1.36. The van der Waals surface area contributed by atoms with Crippen molar-refractivity contribution in [3.63, 3.8) is 0 Å². The topological polar surface area (TPSA) is 70.3 Å². The Morgan fingerprint density at radius 1 is 1.18 bits per heavy atom. The number of carbonyl (C=O) groups is 1. The summed E-state index contributed by atoms with van der Waals surface area (Å²) < 4.78 is 4.75. The van der Waals surface area contributed by atoms with Gasteiger partial charge in [-0.05, 0) is 24.1 Å². The molecule has 0 bridgehead atoms. The first-order valence-electron chi connectivity index (χ1n) is 6.77. The van der Waals surface area contributed by atoms with Crippen LogP contribution in [-0.2, 0) is 9.53 Å². The Balaban J connectivity index is 2.54. The molecule has 0 amide bonds. The zero-order valence-electron chi connectivity index (χ0n) is 12.1. The van der Waals surface area contributed by atoms with E-state index in [0.29, 0.717) is 16.7 Å². The molecule has 0 radical (unpaired) electrons. The van der Waals surface area contributed by atoms with E-state index in [1.807, 2.05) is 30.3 Å². The Morgan fingerprint density at radius 3 is 2.45 bits per heavy atom. The highest BCUT2D eigenvalue weighted by molar-refractivity contribution is 5.97. The van der Waals surface area contributed by atoms with Crippen LogP contribution in [0, 0.1) is 11.3 Å². The summed E-state index contributed by atoms with van der Waals surface area (Å²) in [5.41, 5.74) is 2.46. The second kappa shape index (κ2) is 7.21. The molecule has 0 aliphatic carbocycles. The summed E-state index contributed by atoms with van der Waals surface area (Å²) in [5.74, 6) is -0.665. The smallest absolute Gasteiger partial charge is 0.333 e. The fraction of sp³-hybridized carbons (Fsp3) is 0.111. The number of nitrogens with zero attached hydrogens (tertiary/aromatic N) is 1. The predicted molar refractivity (Wildman–Crippen MR) is 82.5 cm³/mol. The van der Waals surface area contributed by atoms with Gasteiger partial charge < -0.3 is 9.84 Å². The summed E-state index contributed by atoms with van der Waals surface area (Å²) >= 11 is 0. The largest absolute Gasteiger partial charge is 0.433 e. The number of ether oxygens (including phenoxy) is 1. The van der Waals surface area contributed by atoms with E-state index in [0.717, 1.165) is 5.56 Å². The molecular weight excluding hydrogens is 278 g/mol. The summed E-state index contributed by atoms with van der Waals surface area (Å²) in [6, 6.07) is 18.4. The van der Waals surface area contributed by atoms with E-state index in [2.05, 4.69) is 6.07 Å². The van der Waals surface area contributed by atoms with E-state index < -0.39 is 12.3 Å². The first kappa shape index (κ1) is 15.5. The monoisotopic (exact) mass is 293 g/mol. The molecule has 0 aliphatic heterocycles. The van der Waals surface area contributed by atoms with Crippen LogP contribution in [0.3, 0.4) is 0 Å². The number of hydrogen-bond acceptors (Lipinski definition) is 4. The zero-order chi connectivity index (χ0) is 15.9. The molecule has 0 spiro atoms. The van der Waals surface area contributed by atoms with Crippen molar-refractivity contribution < 1.29 is 14.6 Å². The molecule has 22 heavy (non-hydrogen) atoms. The highest BCUT2D eigenvalue weighted by Crippen LogP contribution is 2.26. The molecule has 0 heterocycles.